The van der Waals surface area contributed by atoms with Crippen molar-refractivity contribution in [2.24, 2.45) is 0 Å². The van der Waals surface area contributed by atoms with Crippen molar-refractivity contribution < 1.29 is 31.7 Å². The SMILES string of the molecule is [Cl][Cu][Cl].[V]. The minimum atomic E-state index is 0. The summed E-state index contributed by atoms with van der Waals surface area (Å²) in [5.41, 5.74) is 0. The van der Waals surface area contributed by atoms with E-state index in [4.69, 9.17) is 0 Å². The molecule has 0 fully saturated rings. The fraction of sp³-hybridized carbons (Fsp3) is 0. The Morgan fingerprint density at radius 2 is 1.25 bits per heavy atom. The third-order valence-electron chi connectivity index (χ3n) is 0. The van der Waals surface area contributed by atoms with Crippen molar-refractivity contribution in [1.82, 2.24) is 0 Å². The van der Waals surface area contributed by atoms with Gasteiger partial charge in [0.25, 0.3) is 0 Å². The summed E-state index contributed by atoms with van der Waals surface area (Å²) in [4.78, 5) is 0. The van der Waals surface area contributed by atoms with Gasteiger partial charge in [0.2, 0.25) is 0 Å². The molecule has 0 N–H and O–H groups in total. The molecule has 0 amide bonds. The number of halogens is 2. The van der Waals surface area contributed by atoms with Crippen LogP contribution in [0.2, 0.25) is 0 Å². The van der Waals surface area contributed by atoms with Crippen molar-refractivity contribution in [3.8, 4) is 0 Å². The molecular weight excluding hydrogens is 185 g/mol. The Labute approximate surface area is 51.7 Å². The van der Waals surface area contributed by atoms with E-state index in [1.807, 2.05) is 0 Å². The van der Waals surface area contributed by atoms with Gasteiger partial charge in [0.15, 0.2) is 0 Å². The van der Waals surface area contributed by atoms with E-state index >= 15 is 0 Å². The smallest absolute Gasteiger partial charge is 0 e. The molecule has 0 heterocycles. The van der Waals surface area contributed by atoms with Crippen LogP contribution in [-0.4, -0.2) is 0 Å². The first kappa shape index (κ1) is 9.19. The van der Waals surface area contributed by atoms with Gasteiger partial charge in [0.1, 0.15) is 0 Å². The van der Waals surface area contributed by atoms with Crippen LogP contribution in [0.25, 0.3) is 0 Å². The largest absolute Gasteiger partial charge is 0 e. The Morgan fingerprint density at radius 1 is 1.25 bits per heavy atom. The summed E-state index contributed by atoms with van der Waals surface area (Å²) in [7, 11) is 9.34. The zero-order valence-electron chi connectivity index (χ0n) is 1.50. The molecule has 0 aliphatic rings. The van der Waals surface area contributed by atoms with E-state index in [1.165, 1.54) is 0 Å². The van der Waals surface area contributed by atoms with Crippen LogP contribution in [0.4, 0.5) is 0 Å². The molecule has 1 radical (unpaired) electrons. The van der Waals surface area contributed by atoms with Crippen LogP contribution in [0.5, 0.6) is 0 Å². The predicted octanol–water partition coefficient (Wildman–Crippen LogP) is 1.37. The standard InChI is InChI=1S/2ClH.Cu.V/h2*1H;;/q;;+2;/p-2. The molecule has 0 rings (SSSR count). The number of hydrogen-bond donors (Lipinski definition) is 0. The predicted molar refractivity (Wildman–Crippen MR) is 11.7 cm³/mol. The molecule has 0 saturated heterocycles. The van der Waals surface area contributed by atoms with Gasteiger partial charge < -0.3 is 0 Å². The monoisotopic (exact) mass is 184 g/mol. The molecule has 4 heavy (non-hydrogen) atoms. The summed E-state index contributed by atoms with van der Waals surface area (Å²) in [5.74, 6) is 0. The molecule has 0 aromatic rings. The first-order valence-corrected chi connectivity index (χ1v) is 2.82. The number of hydrogen-bond acceptors (Lipinski definition) is 0. The fourth-order valence-corrected chi connectivity index (χ4v) is 0. The Morgan fingerprint density at radius 3 is 1.25 bits per heavy atom. The van der Waals surface area contributed by atoms with Crippen LogP contribution >= 0.6 is 20.2 Å². The maximum Gasteiger partial charge on any atom is 0 e. The second-order valence-corrected chi connectivity index (χ2v) is 1.60. The summed E-state index contributed by atoms with van der Waals surface area (Å²) in [6.07, 6.45) is 0. The van der Waals surface area contributed by atoms with E-state index in [9.17, 15) is 0 Å². The van der Waals surface area contributed by atoms with E-state index in [0.29, 0.717) is 0 Å². The first-order valence-electron chi connectivity index (χ1n) is 0.228. The van der Waals surface area contributed by atoms with Crippen molar-refractivity contribution in [1.29, 1.82) is 0 Å². The third kappa shape index (κ3) is 9.36. The van der Waals surface area contributed by atoms with Crippen LogP contribution < -0.4 is 0 Å². The summed E-state index contributed by atoms with van der Waals surface area (Å²) < 4.78 is 0. The molecule has 0 aliphatic carbocycles. The molecule has 0 atom stereocenters. The maximum atomic E-state index is 4.67. The van der Waals surface area contributed by atoms with Gasteiger partial charge in [-0.2, -0.15) is 0 Å². The molecule has 0 spiro atoms. The fourth-order valence-electron chi connectivity index (χ4n) is 0. The van der Waals surface area contributed by atoms with E-state index < -0.39 is 0 Å². The second kappa shape index (κ2) is 8.82. The topological polar surface area (TPSA) is 0 Å². The second-order valence-electron chi connectivity index (χ2n) is 0.0431. The van der Waals surface area contributed by atoms with Gasteiger partial charge in [-0.15, -0.1) is 0 Å². The average molecular weight is 185 g/mol. The molecule has 4 heteroatoms. The molecule has 0 unspecified atom stereocenters. The summed E-state index contributed by atoms with van der Waals surface area (Å²) in [5, 5.41) is 0. The van der Waals surface area contributed by atoms with E-state index in [0.717, 1.165) is 13.1 Å². The number of rotatable bonds is 0. The minimum absolute atomic E-state index is 0. The third-order valence-corrected chi connectivity index (χ3v) is 0. The molecule has 0 nitrogen and oxygen atoms in total. The average Bonchev–Trinajstić information content (AvgIpc) is 0.918. The van der Waals surface area contributed by atoms with Gasteiger partial charge in [0.05, 0.1) is 0 Å². The van der Waals surface area contributed by atoms with Crippen LogP contribution in [0, 0.1) is 0 Å². The Hall–Kier alpha value is 1.68. The minimum Gasteiger partial charge on any atom is 0 e. The van der Waals surface area contributed by atoms with E-state index in [2.05, 4.69) is 20.2 Å². The van der Waals surface area contributed by atoms with E-state index in [-0.39, 0.29) is 18.6 Å². The van der Waals surface area contributed by atoms with Crippen molar-refractivity contribution in [2.45, 2.75) is 0 Å². The van der Waals surface area contributed by atoms with Gasteiger partial charge in [0, 0.05) is 18.6 Å². The van der Waals surface area contributed by atoms with Crippen molar-refractivity contribution in [2.75, 3.05) is 0 Å². The molecule has 0 bridgehead atoms. The maximum absolute atomic E-state index is 4.67. The summed E-state index contributed by atoms with van der Waals surface area (Å²) in [6, 6.07) is 0. The summed E-state index contributed by atoms with van der Waals surface area (Å²) >= 11 is 0.757. The zero-order chi connectivity index (χ0) is 2.71. The van der Waals surface area contributed by atoms with Gasteiger partial charge in [-0.3, -0.25) is 0 Å². The van der Waals surface area contributed by atoms with Crippen LogP contribution in [0.3, 0.4) is 0 Å². The van der Waals surface area contributed by atoms with Crippen LogP contribution in [0.1, 0.15) is 0 Å². The molecular formula is Cl2CuV. The quantitative estimate of drug-likeness (QED) is 0.500. The Balaban J connectivity index is 0. The molecule has 30 valence electrons. The van der Waals surface area contributed by atoms with Crippen molar-refractivity contribution in [3.05, 3.63) is 0 Å². The van der Waals surface area contributed by atoms with E-state index in [1.54, 1.807) is 0 Å². The summed E-state index contributed by atoms with van der Waals surface area (Å²) in [6.45, 7) is 0. The Bertz CT molecular complexity index is 6.00. The van der Waals surface area contributed by atoms with Gasteiger partial charge in [-0.1, -0.05) is 0 Å². The molecule has 0 aliphatic heterocycles. The van der Waals surface area contributed by atoms with Gasteiger partial charge >= 0.3 is 33.3 Å². The zero-order valence-corrected chi connectivity index (χ0v) is 5.35. The molecule has 0 aromatic heterocycles. The van der Waals surface area contributed by atoms with Crippen molar-refractivity contribution >= 4 is 20.2 Å². The van der Waals surface area contributed by atoms with Gasteiger partial charge in [-0.25, -0.2) is 0 Å². The van der Waals surface area contributed by atoms with Crippen molar-refractivity contribution in [3.63, 3.8) is 0 Å². The van der Waals surface area contributed by atoms with Crippen LogP contribution in [-0.2, 0) is 31.7 Å². The van der Waals surface area contributed by atoms with Gasteiger partial charge in [-0.05, 0) is 0 Å². The molecule has 0 saturated carbocycles. The normalized spacial score (nSPS) is 5.50. The Kier molecular flexibility index (Phi) is 20.3. The van der Waals surface area contributed by atoms with Crippen LogP contribution in [0.15, 0.2) is 0 Å². The first-order chi connectivity index (χ1) is 1.41. The molecule has 0 aromatic carbocycles.